The Morgan fingerprint density at radius 1 is 1.20 bits per heavy atom. The van der Waals surface area contributed by atoms with Gasteiger partial charge < -0.3 is 5.32 Å². The monoisotopic (exact) mass is 291 g/mol. The van der Waals surface area contributed by atoms with Crippen molar-refractivity contribution in [3.63, 3.8) is 0 Å². The molecule has 3 rings (SSSR count). The molecule has 2 fully saturated rings. The first-order valence-corrected chi connectivity index (χ1v) is 8.22. The molecule has 1 aromatic rings. The standard InChI is InChI=1S/C18H26ClN/c1-12(13-5-7-15(19)8-6-13)20-16-17(2,3)14-9-10-18(16,4)11-14/h5-8,12,14,16,20H,9-11H2,1-4H3/t12?,14-,16?,18+/m0/s1. The molecule has 2 aliphatic carbocycles. The highest BCUT2D eigenvalue weighted by atomic mass is 35.5. The van der Waals surface area contributed by atoms with Crippen molar-refractivity contribution in [2.24, 2.45) is 16.7 Å². The largest absolute Gasteiger partial charge is 0.306 e. The number of halogens is 1. The Balaban J connectivity index is 1.78. The van der Waals surface area contributed by atoms with Crippen LogP contribution in [0.3, 0.4) is 0 Å². The molecular weight excluding hydrogens is 266 g/mol. The molecule has 0 aromatic heterocycles. The van der Waals surface area contributed by atoms with Gasteiger partial charge >= 0.3 is 0 Å². The third-order valence-electron chi connectivity index (χ3n) is 6.06. The lowest BCUT2D eigenvalue weighted by Crippen LogP contribution is -2.50. The van der Waals surface area contributed by atoms with E-state index in [-0.39, 0.29) is 0 Å². The van der Waals surface area contributed by atoms with E-state index in [1.165, 1.54) is 24.8 Å². The van der Waals surface area contributed by atoms with E-state index in [1.54, 1.807) is 0 Å². The molecule has 2 unspecified atom stereocenters. The van der Waals surface area contributed by atoms with Crippen LogP contribution in [-0.2, 0) is 0 Å². The molecule has 2 bridgehead atoms. The summed E-state index contributed by atoms with van der Waals surface area (Å²) >= 11 is 5.99. The van der Waals surface area contributed by atoms with E-state index in [0.29, 0.717) is 22.9 Å². The van der Waals surface area contributed by atoms with Gasteiger partial charge in [-0.05, 0) is 60.6 Å². The zero-order valence-electron chi connectivity index (χ0n) is 13.0. The van der Waals surface area contributed by atoms with Crippen molar-refractivity contribution < 1.29 is 0 Å². The second-order valence-corrected chi connectivity index (χ2v) is 8.22. The predicted molar refractivity (Wildman–Crippen MR) is 86.0 cm³/mol. The van der Waals surface area contributed by atoms with Gasteiger partial charge in [-0.1, -0.05) is 44.5 Å². The third-order valence-corrected chi connectivity index (χ3v) is 6.31. The fourth-order valence-electron chi connectivity index (χ4n) is 4.82. The second-order valence-electron chi connectivity index (χ2n) is 7.79. The van der Waals surface area contributed by atoms with E-state index in [4.69, 9.17) is 11.6 Å². The van der Waals surface area contributed by atoms with Crippen LogP contribution in [0.25, 0.3) is 0 Å². The van der Waals surface area contributed by atoms with Gasteiger partial charge in [-0.15, -0.1) is 0 Å². The molecule has 0 heterocycles. The zero-order chi connectivity index (χ0) is 14.5. The summed E-state index contributed by atoms with van der Waals surface area (Å²) in [5, 5.41) is 4.75. The molecule has 1 nitrogen and oxygen atoms in total. The van der Waals surface area contributed by atoms with Crippen LogP contribution in [0.1, 0.15) is 58.6 Å². The van der Waals surface area contributed by atoms with Crippen molar-refractivity contribution in [2.45, 2.75) is 59.0 Å². The van der Waals surface area contributed by atoms with Crippen LogP contribution >= 0.6 is 11.6 Å². The van der Waals surface area contributed by atoms with Gasteiger partial charge in [-0.2, -0.15) is 0 Å². The molecule has 2 heteroatoms. The topological polar surface area (TPSA) is 12.0 Å². The summed E-state index contributed by atoms with van der Waals surface area (Å²) in [5.41, 5.74) is 2.22. The van der Waals surface area contributed by atoms with Gasteiger partial charge in [0.05, 0.1) is 0 Å². The smallest absolute Gasteiger partial charge is 0.0406 e. The molecular formula is C18H26ClN. The van der Waals surface area contributed by atoms with Crippen molar-refractivity contribution in [1.29, 1.82) is 0 Å². The Morgan fingerprint density at radius 3 is 2.40 bits per heavy atom. The van der Waals surface area contributed by atoms with Crippen molar-refractivity contribution >= 4 is 11.6 Å². The minimum absolute atomic E-state index is 0.382. The highest BCUT2D eigenvalue weighted by Gasteiger charge is 2.59. The molecule has 110 valence electrons. The molecule has 0 saturated heterocycles. The number of nitrogens with one attached hydrogen (secondary N) is 1. The molecule has 1 aromatic carbocycles. The molecule has 0 amide bonds. The van der Waals surface area contributed by atoms with E-state index >= 15 is 0 Å². The summed E-state index contributed by atoms with van der Waals surface area (Å²) in [6.45, 7) is 9.66. The number of hydrogen-bond donors (Lipinski definition) is 1. The normalized spacial score (nSPS) is 36.2. The average Bonchev–Trinajstić information content (AvgIpc) is 2.86. The van der Waals surface area contributed by atoms with E-state index in [2.05, 4.69) is 45.1 Å². The highest BCUT2D eigenvalue weighted by molar-refractivity contribution is 6.30. The summed E-state index contributed by atoms with van der Waals surface area (Å²) in [7, 11) is 0. The molecule has 1 N–H and O–H groups in total. The Labute approximate surface area is 128 Å². The van der Waals surface area contributed by atoms with Crippen LogP contribution in [0.4, 0.5) is 0 Å². The summed E-state index contributed by atoms with van der Waals surface area (Å²) < 4.78 is 0. The van der Waals surface area contributed by atoms with Gasteiger partial charge in [0.25, 0.3) is 0 Å². The minimum Gasteiger partial charge on any atom is -0.306 e. The summed E-state index contributed by atoms with van der Waals surface area (Å²) in [6.07, 6.45) is 4.19. The molecule has 2 saturated carbocycles. The van der Waals surface area contributed by atoms with Gasteiger partial charge in [0.2, 0.25) is 0 Å². The Kier molecular flexibility index (Phi) is 3.42. The summed E-state index contributed by atoms with van der Waals surface area (Å²) in [6, 6.07) is 9.25. The first-order valence-electron chi connectivity index (χ1n) is 7.84. The van der Waals surface area contributed by atoms with Crippen molar-refractivity contribution in [2.75, 3.05) is 0 Å². The van der Waals surface area contributed by atoms with Gasteiger partial charge in [-0.25, -0.2) is 0 Å². The Bertz CT molecular complexity index is 488. The van der Waals surface area contributed by atoms with Crippen LogP contribution in [0, 0.1) is 16.7 Å². The van der Waals surface area contributed by atoms with Crippen molar-refractivity contribution in [1.82, 2.24) is 5.32 Å². The van der Waals surface area contributed by atoms with Crippen LogP contribution in [0.15, 0.2) is 24.3 Å². The first kappa shape index (κ1) is 14.4. The quantitative estimate of drug-likeness (QED) is 0.806. The van der Waals surface area contributed by atoms with Crippen molar-refractivity contribution in [3.8, 4) is 0 Å². The lowest BCUT2D eigenvalue weighted by molar-refractivity contribution is 0.100. The zero-order valence-corrected chi connectivity index (χ0v) is 13.8. The SMILES string of the molecule is CC(NC1C(C)(C)[C@H]2CC[C@]1(C)C2)c1ccc(Cl)cc1. The first-order chi connectivity index (χ1) is 9.33. The third kappa shape index (κ3) is 2.19. The maximum Gasteiger partial charge on any atom is 0.0406 e. The van der Waals surface area contributed by atoms with E-state index < -0.39 is 0 Å². The number of rotatable bonds is 3. The summed E-state index contributed by atoms with van der Waals surface area (Å²) in [4.78, 5) is 0. The van der Waals surface area contributed by atoms with E-state index in [1.807, 2.05) is 12.1 Å². The maximum absolute atomic E-state index is 5.99. The Morgan fingerprint density at radius 2 is 1.85 bits per heavy atom. The predicted octanol–water partition coefficient (Wildman–Crippen LogP) is 5.21. The van der Waals surface area contributed by atoms with Crippen molar-refractivity contribution in [3.05, 3.63) is 34.9 Å². The fourth-order valence-corrected chi connectivity index (χ4v) is 4.94. The lowest BCUT2D eigenvalue weighted by atomic mass is 9.68. The molecule has 0 spiro atoms. The molecule has 2 aliphatic rings. The molecule has 4 atom stereocenters. The van der Waals surface area contributed by atoms with Crippen LogP contribution in [-0.4, -0.2) is 6.04 Å². The van der Waals surface area contributed by atoms with Gasteiger partial charge in [0.1, 0.15) is 0 Å². The number of hydrogen-bond acceptors (Lipinski definition) is 1. The summed E-state index contributed by atoms with van der Waals surface area (Å²) in [5.74, 6) is 0.891. The van der Waals surface area contributed by atoms with Gasteiger partial charge in [0, 0.05) is 17.1 Å². The number of fused-ring (bicyclic) bond motifs is 2. The molecule has 0 aliphatic heterocycles. The fraction of sp³-hybridized carbons (Fsp3) is 0.667. The highest BCUT2D eigenvalue weighted by Crippen LogP contribution is 2.62. The lowest BCUT2D eigenvalue weighted by Gasteiger charge is -2.44. The minimum atomic E-state index is 0.382. The molecule has 0 radical (unpaired) electrons. The van der Waals surface area contributed by atoms with Gasteiger partial charge in [-0.3, -0.25) is 0 Å². The second kappa shape index (κ2) is 4.74. The average molecular weight is 292 g/mol. The van der Waals surface area contributed by atoms with E-state index in [9.17, 15) is 0 Å². The van der Waals surface area contributed by atoms with E-state index in [0.717, 1.165) is 10.9 Å². The van der Waals surface area contributed by atoms with Crippen LogP contribution < -0.4 is 5.32 Å². The molecule has 20 heavy (non-hydrogen) atoms. The van der Waals surface area contributed by atoms with Crippen LogP contribution in [0.2, 0.25) is 5.02 Å². The van der Waals surface area contributed by atoms with Crippen LogP contribution in [0.5, 0.6) is 0 Å². The number of benzene rings is 1. The Hall–Kier alpha value is -0.530. The van der Waals surface area contributed by atoms with Gasteiger partial charge in [0.15, 0.2) is 0 Å². The maximum atomic E-state index is 5.99.